The minimum Gasteiger partial charge on any atom is -0.454 e. The minimum absolute atomic E-state index is 0.120. The number of pyridine rings is 1. The lowest BCUT2D eigenvalue weighted by molar-refractivity contribution is 0.174. The van der Waals surface area contributed by atoms with Crippen molar-refractivity contribution in [3.8, 4) is 11.5 Å². The Kier molecular flexibility index (Phi) is 4.34. The maximum absolute atomic E-state index is 11.7. The summed E-state index contributed by atoms with van der Waals surface area (Å²) in [6, 6.07) is 5.77. The number of hydrogen-bond acceptors (Lipinski definition) is 8. The van der Waals surface area contributed by atoms with Gasteiger partial charge in [-0.2, -0.15) is 0 Å². The van der Waals surface area contributed by atoms with Gasteiger partial charge in [0, 0.05) is 61.1 Å². The van der Waals surface area contributed by atoms with Gasteiger partial charge in [0.05, 0.1) is 11.2 Å². The summed E-state index contributed by atoms with van der Waals surface area (Å²) in [4.78, 5) is 15.0. The predicted molar refractivity (Wildman–Crippen MR) is 106 cm³/mol. The Hall–Kier alpha value is -2.49. The van der Waals surface area contributed by atoms with E-state index in [1.807, 2.05) is 18.2 Å². The van der Waals surface area contributed by atoms with Crippen LogP contribution in [0, 0.1) is 0 Å². The summed E-state index contributed by atoms with van der Waals surface area (Å²) < 4.78 is 34.2. The van der Waals surface area contributed by atoms with Crippen molar-refractivity contribution in [2.24, 2.45) is 0 Å². The quantitative estimate of drug-likeness (QED) is 0.460. The highest BCUT2D eigenvalue weighted by Crippen LogP contribution is 2.36. The van der Waals surface area contributed by atoms with Gasteiger partial charge in [0.25, 0.3) is 0 Å². The summed E-state index contributed by atoms with van der Waals surface area (Å²) in [5.41, 5.74) is 3.38. The zero-order valence-corrected chi connectivity index (χ0v) is 17.1. The molecule has 2 aromatic heterocycles. The molecule has 10 heteroatoms. The molecule has 4 heterocycles. The number of aromatic nitrogens is 3. The van der Waals surface area contributed by atoms with Crippen LogP contribution in [0.2, 0.25) is 5.15 Å². The highest BCUT2D eigenvalue weighted by atomic mass is 35.5. The number of halogens is 1. The molecule has 0 bridgehead atoms. The molecule has 0 unspecified atom stereocenters. The third-order valence-corrected chi connectivity index (χ3v) is 6.24. The standard InChI is InChI=1S/C19H17ClN4O4S/c1-29(25,26)19-21-7-13-9-24(3-2-14(13)23-19)8-12-4-11-5-16-17(28-10-27-16)6-15(11)22-18(12)20/h4-7H,2-3,8-10H2,1H3. The lowest BCUT2D eigenvalue weighted by Crippen LogP contribution is -2.31. The Morgan fingerprint density at radius 3 is 2.76 bits per heavy atom. The molecule has 2 aliphatic heterocycles. The van der Waals surface area contributed by atoms with E-state index in [-0.39, 0.29) is 11.9 Å². The van der Waals surface area contributed by atoms with Crippen LogP contribution in [-0.4, -0.2) is 47.9 Å². The Morgan fingerprint density at radius 1 is 1.17 bits per heavy atom. The maximum atomic E-state index is 11.7. The Labute approximate surface area is 172 Å². The summed E-state index contributed by atoms with van der Waals surface area (Å²) in [6.45, 7) is 2.18. The fourth-order valence-electron chi connectivity index (χ4n) is 3.61. The number of benzene rings is 1. The number of fused-ring (bicyclic) bond motifs is 3. The van der Waals surface area contributed by atoms with Gasteiger partial charge in [-0.3, -0.25) is 4.90 Å². The molecule has 0 spiro atoms. The van der Waals surface area contributed by atoms with Crippen molar-refractivity contribution in [1.29, 1.82) is 0 Å². The third-order valence-electron chi connectivity index (χ3n) is 5.05. The average molecular weight is 433 g/mol. The smallest absolute Gasteiger partial charge is 0.246 e. The van der Waals surface area contributed by atoms with Crippen LogP contribution in [-0.2, 0) is 29.3 Å². The van der Waals surface area contributed by atoms with E-state index >= 15 is 0 Å². The van der Waals surface area contributed by atoms with Crippen LogP contribution in [0.25, 0.3) is 10.9 Å². The number of hydrogen-bond donors (Lipinski definition) is 0. The number of nitrogens with zero attached hydrogens (tertiary/aromatic N) is 4. The number of ether oxygens (including phenoxy) is 2. The highest BCUT2D eigenvalue weighted by molar-refractivity contribution is 7.90. The van der Waals surface area contributed by atoms with Gasteiger partial charge in [0.1, 0.15) is 5.15 Å². The molecule has 3 aromatic rings. The van der Waals surface area contributed by atoms with Crippen LogP contribution in [0.15, 0.2) is 29.6 Å². The van der Waals surface area contributed by atoms with E-state index in [1.165, 1.54) is 0 Å². The van der Waals surface area contributed by atoms with Crippen LogP contribution in [0.5, 0.6) is 11.5 Å². The zero-order chi connectivity index (χ0) is 20.2. The van der Waals surface area contributed by atoms with E-state index in [1.54, 1.807) is 6.20 Å². The monoisotopic (exact) mass is 432 g/mol. The summed E-state index contributed by atoms with van der Waals surface area (Å²) in [6.07, 6.45) is 3.37. The molecule has 0 amide bonds. The zero-order valence-electron chi connectivity index (χ0n) is 15.6. The molecule has 0 N–H and O–H groups in total. The molecule has 2 aliphatic rings. The van der Waals surface area contributed by atoms with Gasteiger partial charge in [-0.1, -0.05) is 11.6 Å². The van der Waals surface area contributed by atoms with Crippen molar-refractivity contribution in [2.45, 2.75) is 24.7 Å². The molecule has 0 radical (unpaired) electrons. The summed E-state index contributed by atoms with van der Waals surface area (Å²) >= 11 is 6.44. The second-order valence-corrected chi connectivity index (χ2v) is 9.46. The minimum atomic E-state index is -3.41. The van der Waals surface area contributed by atoms with Crippen molar-refractivity contribution < 1.29 is 17.9 Å². The van der Waals surface area contributed by atoms with Crippen molar-refractivity contribution in [3.05, 3.63) is 46.4 Å². The molecule has 29 heavy (non-hydrogen) atoms. The van der Waals surface area contributed by atoms with E-state index in [9.17, 15) is 8.42 Å². The van der Waals surface area contributed by atoms with Gasteiger partial charge in [0.2, 0.25) is 21.8 Å². The van der Waals surface area contributed by atoms with Gasteiger partial charge in [-0.05, 0) is 12.1 Å². The molecule has 0 saturated carbocycles. The predicted octanol–water partition coefficient (Wildman–Crippen LogP) is 2.37. The molecule has 0 aliphatic carbocycles. The van der Waals surface area contributed by atoms with Gasteiger partial charge < -0.3 is 9.47 Å². The van der Waals surface area contributed by atoms with E-state index in [2.05, 4.69) is 19.9 Å². The van der Waals surface area contributed by atoms with E-state index in [0.717, 1.165) is 40.5 Å². The van der Waals surface area contributed by atoms with Crippen LogP contribution in [0.4, 0.5) is 0 Å². The van der Waals surface area contributed by atoms with E-state index in [0.29, 0.717) is 36.2 Å². The first-order valence-electron chi connectivity index (χ1n) is 9.03. The van der Waals surface area contributed by atoms with Crippen molar-refractivity contribution >= 4 is 32.3 Å². The topological polar surface area (TPSA) is 94.5 Å². The van der Waals surface area contributed by atoms with Gasteiger partial charge in [-0.15, -0.1) is 0 Å². The molecular weight excluding hydrogens is 416 g/mol. The first-order chi connectivity index (χ1) is 13.9. The van der Waals surface area contributed by atoms with Crippen LogP contribution >= 0.6 is 11.6 Å². The molecular formula is C19H17ClN4O4S. The van der Waals surface area contributed by atoms with Crippen molar-refractivity contribution in [3.63, 3.8) is 0 Å². The maximum Gasteiger partial charge on any atom is 0.246 e. The van der Waals surface area contributed by atoms with Crippen LogP contribution in [0.3, 0.4) is 0 Å². The highest BCUT2D eigenvalue weighted by Gasteiger charge is 2.22. The first kappa shape index (κ1) is 18.5. The summed E-state index contributed by atoms with van der Waals surface area (Å²) in [5.74, 6) is 1.38. The summed E-state index contributed by atoms with van der Waals surface area (Å²) in [7, 11) is -3.41. The fraction of sp³-hybridized carbons (Fsp3) is 0.316. The van der Waals surface area contributed by atoms with Gasteiger partial charge >= 0.3 is 0 Å². The SMILES string of the molecule is CS(=O)(=O)c1ncc2c(n1)CCN(Cc1cc3cc4c(cc3nc1Cl)OCO4)C2. The second-order valence-electron chi connectivity index (χ2n) is 7.19. The van der Waals surface area contributed by atoms with Crippen LogP contribution in [0.1, 0.15) is 16.8 Å². The lowest BCUT2D eigenvalue weighted by Gasteiger charge is -2.28. The lowest BCUT2D eigenvalue weighted by atomic mass is 10.1. The second kappa shape index (κ2) is 6.79. The summed E-state index contributed by atoms with van der Waals surface area (Å²) in [5, 5.41) is 1.27. The van der Waals surface area contributed by atoms with Crippen molar-refractivity contribution in [2.75, 3.05) is 19.6 Å². The van der Waals surface area contributed by atoms with Gasteiger partial charge in [-0.25, -0.2) is 23.4 Å². The molecule has 0 atom stereocenters. The normalized spacial score (nSPS) is 16.2. The van der Waals surface area contributed by atoms with Crippen molar-refractivity contribution in [1.82, 2.24) is 19.9 Å². The van der Waals surface area contributed by atoms with E-state index < -0.39 is 9.84 Å². The van der Waals surface area contributed by atoms with Crippen LogP contribution < -0.4 is 9.47 Å². The molecule has 0 fully saturated rings. The average Bonchev–Trinajstić information content (AvgIpc) is 3.13. The molecule has 150 valence electrons. The molecule has 0 saturated heterocycles. The third kappa shape index (κ3) is 3.50. The number of sulfone groups is 1. The fourth-order valence-corrected chi connectivity index (χ4v) is 4.33. The molecule has 1 aromatic carbocycles. The number of rotatable bonds is 3. The molecule has 5 rings (SSSR count). The van der Waals surface area contributed by atoms with Gasteiger partial charge in [0.15, 0.2) is 11.5 Å². The van der Waals surface area contributed by atoms with E-state index in [4.69, 9.17) is 21.1 Å². The Bertz CT molecular complexity index is 1250. The molecule has 8 nitrogen and oxygen atoms in total. The largest absolute Gasteiger partial charge is 0.454 e. The first-order valence-corrected chi connectivity index (χ1v) is 11.3. The Morgan fingerprint density at radius 2 is 1.97 bits per heavy atom. The Balaban J connectivity index is 1.40.